The summed E-state index contributed by atoms with van der Waals surface area (Å²) in [5.41, 5.74) is 4.44. The summed E-state index contributed by atoms with van der Waals surface area (Å²) in [6.07, 6.45) is 7.42. The van der Waals surface area contributed by atoms with Gasteiger partial charge in [0.2, 0.25) is 0 Å². The van der Waals surface area contributed by atoms with Gasteiger partial charge in [-0.05, 0) is 60.3 Å². The number of fused-ring (bicyclic) bond motifs is 2. The fraction of sp³-hybridized carbons (Fsp3) is 0.435. The number of ether oxygens (including phenoxy) is 1. The molecule has 3 aliphatic heterocycles. The van der Waals surface area contributed by atoms with E-state index in [1.54, 1.807) is 0 Å². The minimum atomic E-state index is 0.0180. The maximum Gasteiger partial charge on any atom is 0.123 e. The van der Waals surface area contributed by atoms with Crippen LogP contribution in [0.2, 0.25) is 0 Å². The van der Waals surface area contributed by atoms with E-state index in [4.69, 9.17) is 10.00 Å². The van der Waals surface area contributed by atoms with Crippen molar-refractivity contribution in [2.75, 3.05) is 13.1 Å². The number of nitrogens with zero attached hydrogens (tertiary/aromatic N) is 2. The number of piperidine rings is 2. The van der Waals surface area contributed by atoms with Crippen molar-refractivity contribution in [2.45, 2.75) is 50.2 Å². The number of rotatable bonds is 1. The topological polar surface area (TPSA) is 36.3 Å². The van der Waals surface area contributed by atoms with Crippen LogP contribution in [0.3, 0.4) is 0 Å². The maximum absolute atomic E-state index is 8.98. The molecule has 1 spiro atoms. The van der Waals surface area contributed by atoms with Crippen molar-refractivity contribution in [3.8, 4) is 22.9 Å². The largest absolute Gasteiger partial charge is 0.487 e. The Labute approximate surface area is 155 Å². The van der Waals surface area contributed by atoms with Crippen LogP contribution in [0.5, 0.6) is 5.75 Å². The van der Waals surface area contributed by atoms with Gasteiger partial charge in [0.05, 0.1) is 11.6 Å². The van der Waals surface area contributed by atoms with E-state index >= 15 is 0 Å². The third-order valence-corrected chi connectivity index (χ3v) is 6.46. The number of nitriles is 1. The number of hydrogen-bond acceptors (Lipinski definition) is 3. The average Bonchev–Trinajstić information content (AvgIpc) is 3.04. The monoisotopic (exact) mass is 344 g/mol. The summed E-state index contributed by atoms with van der Waals surface area (Å²) in [5.74, 6) is 1.08. The second kappa shape index (κ2) is 6.14. The molecule has 132 valence electrons. The molecule has 3 nitrogen and oxygen atoms in total. The lowest BCUT2D eigenvalue weighted by molar-refractivity contribution is -0.0249. The predicted molar refractivity (Wildman–Crippen MR) is 102 cm³/mol. The summed E-state index contributed by atoms with van der Waals surface area (Å²) >= 11 is 0. The standard InChI is InChI=1S/C23H24N2O/c24-16-17-4-6-18(7-5-17)19-8-9-22-20(13-19)14-23(26-22)10-12-25-11-2-1-3-21(25)15-23/h4-9,13,21H,1-3,10-12,14-15H2. The highest BCUT2D eigenvalue weighted by atomic mass is 16.5. The summed E-state index contributed by atoms with van der Waals surface area (Å²) in [6, 6.07) is 17.3. The first-order valence-electron chi connectivity index (χ1n) is 9.81. The van der Waals surface area contributed by atoms with Gasteiger partial charge >= 0.3 is 0 Å². The van der Waals surface area contributed by atoms with E-state index < -0.39 is 0 Å². The molecule has 0 aromatic heterocycles. The van der Waals surface area contributed by atoms with Gasteiger partial charge in [-0.2, -0.15) is 5.26 Å². The molecule has 0 saturated carbocycles. The Morgan fingerprint density at radius 1 is 1.04 bits per heavy atom. The van der Waals surface area contributed by atoms with E-state index in [0.29, 0.717) is 11.6 Å². The Balaban J connectivity index is 1.39. The Morgan fingerprint density at radius 2 is 1.88 bits per heavy atom. The van der Waals surface area contributed by atoms with Crippen LogP contribution in [0.4, 0.5) is 0 Å². The minimum Gasteiger partial charge on any atom is -0.487 e. The number of benzene rings is 2. The normalized spacial score (nSPS) is 27.4. The molecular weight excluding hydrogens is 320 g/mol. The molecule has 0 N–H and O–H groups in total. The molecule has 2 unspecified atom stereocenters. The van der Waals surface area contributed by atoms with E-state index in [1.165, 1.54) is 49.9 Å². The Bertz CT molecular complexity index is 867. The summed E-state index contributed by atoms with van der Waals surface area (Å²) in [5, 5.41) is 8.98. The third-order valence-electron chi connectivity index (χ3n) is 6.46. The zero-order valence-corrected chi connectivity index (χ0v) is 15.1. The Morgan fingerprint density at radius 3 is 2.73 bits per heavy atom. The first-order valence-corrected chi connectivity index (χ1v) is 9.81. The zero-order valence-electron chi connectivity index (χ0n) is 15.1. The lowest BCUT2D eigenvalue weighted by Crippen LogP contribution is -2.54. The van der Waals surface area contributed by atoms with Crippen LogP contribution in [-0.2, 0) is 6.42 Å². The molecule has 2 aromatic rings. The highest BCUT2D eigenvalue weighted by Crippen LogP contribution is 2.45. The number of hydrogen-bond donors (Lipinski definition) is 0. The van der Waals surface area contributed by atoms with Crippen LogP contribution >= 0.6 is 0 Å². The molecule has 0 amide bonds. The molecule has 5 rings (SSSR count). The summed E-state index contributed by atoms with van der Waals surface area (Å²) < 4.78 is 6.54. The summed E-state index contributed by atoms with van der Waals surface area (Å²) in [7, 11) is 0. The van der Waals surface area contributed by atoms with Crippen molar-refractivity contribution in [2.24, 2.45) is 0 Å². The smallest absolute Gasteiger partial charge is 0.123 e. The lowest BCUT2D eigenvalue weighted by Gasteiger charge is -2.46. The van der Waals surface area contributed by atoms with Gasteiger partial charge in [0, 0.05) is 31.8 Å². The van der Waals surface area contributed by atoms with Crippen molar-refractivity contribution in [3.05, 3.63) is 53.6 Å². The first kappa shape index (κ1) is 15.9. The zero-order chi connectivity index (χ0) is 17.6. The molecule has 0 aliphatic carbocycles. The maximum atomic E-state index is 8.98. The molecule has 26 heavy (non-hydrogen) atoms. The van der Waals surface area contributed by atoms with E-state index in [9.17, 15) is 0 Å². The molecule has 2 aromatic carbocycles. The molecule has 2 fully saturated rings. The van der Waals surface area contributed by atoms with Gasteiger partial charge in [-0.25, -0.2) is 0 Å². The molecule has 3 heteroatoms. The lowest BCUT2D eigenvalue weighted by atomic mass is 9.80. The van der Waals surface area contributed by atoms with E-state index in [-0.39, 0.29) is 5.60 Å². The van der Waals surface area contributed by atoms with Crippen LogP contribution in [0.15, 0.2) is 42.5 Å². The van der Waals surface area contributed by atoms with Crippen LogP contribution < -0.4 is 4.74 Å². The summed E-state index contributed by atoms with van der Waals surface area (Å²) in [6.45, 7) is 2.46. The van der Waals surface area contributed by atoms with Gasteiger partial charge in [-0.1, -0.05) is 24.6 Å². The van der Waals surface area contributed by atoms with Gasteiger partial charge in [-0.3, -0.25) is 0 Å². The van der Waals surface area contributed by atoms with Crippen LogP contribution in [-0.4, -0.2) is 29.6 Å². The van der Waals surface area contributed by atoms with Crippen molar-refractivity contribution in [3.63, 3.8) is 0 Å². The quantitative estimate of drug-likeness (QED) is 0.761. The van der Waals surface area contributed by atoms with Crippen LogP contribution in [0.1, 0.15) is 43.2 Å². The average molecular weight is 344 g/mol. The van der Waals surface area contributed by atoms with E-state index in [1.807, 2.05) is 24.3 Å². The second-order valence-corrected chi connectivity index (χ2v) is 8.11. The molecule has 2 saturated heterocycles. The van der Waals surface area contributed by atoms with Gasteiger partial charge in [-0.15, -0.1) is 0 Å². The SMILES string of the molecule is N#Cc1ccc(-c2ccc3c(c2)CC2(CCN4CCCCC4C2)O3)cc1. The van der Waals surface area contributed by atoms with E-state index in [2.05, 4.69) is 29.2 Å². The molecule has 2 atom stereocenters. The van der Waals surface area contributed by atoms with Gasteiger partial charge in [0.25, 0.3) is 0 Å². The van der Waals surface area contributed by atoms with Crippen LogP contribution in [0, 0.1) is 11.3 Å². The molecule has 0 radical (unpaired) electrons. The molecule has 3 heterocycles. The van der Waals surface area contributed by atoms with E-state index in [0.717, 1.165) is 24.2 Å². The molecular formula is C23H24N2O. The minimum absolute atomic E-state index is 0.0180. The van der Waals surface area contributed by atoms with Gasteiger partial charge in [0.1, 0.15) is 11.4 Å². The first-order chi connectivity index (χ1) is 12.7. The Hall–Kier alpha value is -2.31. The fourth-order valence-electron chi connectivity index (χ4n) is 5.07. The van der Waals surface area contributed by atoms with Gasteiger partial charge < -0.3 is 9.64 Å². The van der Waals surface area contributed by atoms with Crippen molar-refractivity contribution < 1.29 is 4.74 Å². The highest BCUT2D eigenvalue weighted by molar-refractivity contribution is 5.67. The van der Waals surface area contributed by atoms with Gasteiger partial charge in [0.15, 0.2) is 0 Å². The fourth-order valence-corrected chi connectivity index (χ4v) is 5.07. The third kappa shape index (κ3) is 2.70. The molecule has 0 bridgehead atoms. The van der Waals surface area contributed by atoms with Crippen molar-refractivity contribution in [1.29, 1.82) is 5.26 Å². The predicted octanol–water partition coefficient (Wildman–Crippen LogP) is 4.55. The Kier molecular flexibility index (Phi) is 3.76. The second-order valence-electron chi connectivity index (χ2n) is 8.11. The summed E-state index contributed by atoms with van der Waals surface area (Å²) in [4.78, 5) is 2.68. The van der Waals surface area contributed by atoms with Crippen molar-refractivity contribution >= 4 is 0 Å². The molecule has 3 aliphatic rings. The van der Waals surface area contributed by atoms with Crippen molar-refractivity contribution in [1.82, 2.24) is 4.90 Å². The highest BCUT2D eigenvalue weighted by Gasteiger charge is 2.46. The van der Waals surface area contributed by atoms with Crippen LogP contribution in [0.25, 0.3) is 11.1 Å².